The van der Waals surface area contributed by atoms with Crippen LogP contribution in [0.4, 0.5) is 0 Å². The van der Waals surface area contributed by atoms with Gasteiger partial charge in [0, 0.05) is 17.0 Å². The van der Waals surface area contributed by atoms with Crippen LogP contribution in [0, 0.1) is 0 Å². The third-order valence-corrected chi connectivity index (χ3v) is 5.24. The Balaban J connectivity index is 2.47. The Hall–Kier alpha value is -2.73. The summed E-state index contributed by atoms with van der Waals surface area (Å²) >= 11 is 0. The van der Waals surface area contributed by atoms with Gasteiger partial charge in [-0.3, -0.25) is 13.9 Å². The zero-order chi connectivity index (χ0) is 19.3. The van der Waals surface area contributed by atoms with E-state index in [0.717, 1.165) is 24.3 Å². The number of fused-ring (bicyclic) bond motifs is 1. The van der Waals surface area contributed by atoms with E-state index in [1.807, 2.05) is 0 Å². The number of hydrogen-bond donors (Lipinski definition) is 3. The molecule has 9 nitrogen and oxygen atoms in total. The van der Waals surface area contributed by atoms with E-state index in [1.165, 1.54) is 12.1 Å². The highest BCUT2D eigenvalue weighted by molar-refractivity contribution is 7.86. The van der Waals surface area contributed by atoms with Crippen LogP contribution in [0.25, 0.3) is 22.1 Å². The third-order valence-electron chi connectivity index (χ3n) is 3.58. The van der Waals surface area contributed by atoms with Crippen LogP contribution >= 0.6 is 0 Å². The van der Waals surface area contributed by atoms with Crippen LogP contribution < -0.4 is 0 Å². The van der Waals surface area contributed by atoms with Crippen molar-refractivity contribution < 1.29 is 40.3 Å². The summed E-state index contributed by atoms with van der Waals surface area (Å²) in [5, 5.41) is 10.1. The second kappa shape index (κ2) is 5.92. The maximum absolute atomic E-state index is 11.5. The summed E-state index contributed by atoms with van der Waals surface area (Å²) in [6, 6.07) is 6.26. The van der Waals surface area contributed by atoms with E-state index in [9.17, 15) is 31.3 Å². The summed E-state index contributed by atoms with van der Waals surface area (Å²) in [5.41, 5.74) is -0.0115. The van der Waals surface area contributed by atoms with Gasteiger partial charge in [-0.2, -0.15) is 16.8 Å². The van der Waals surface area contributed by atoms with Crippen LogP contribution in [-0.2, 0) is 20.2 Å². The lowest BCUT2D eigenvalue weighted by Crippen LogP contribution is -2.01. The van der Waals surface area contributed by atoms with Crippen LogP contribution in [0.5, 0.6) is 5.75 Å². The number of aldehydes is 1. The normalized spacial score (nSPS) is 12.4. The number of hydrogen-bond acceptors (Lipinski definition) is 7. The number of benzene rings is 2. The zero-order valence-corrected chi connectivity index (χ0v) is 14.3. The first-order valence-electron chi connectivity index (χ1n) is 6.82. The lowest BCUT2D eigenvalue weighted by molar-refractivity contribution is 0.110. The molecule has 0 amide bonds. The molecule has 0 bridgehead atoms. The fourth-order valence-corrected chi connectivity index (χ4v) is 3.57. The standard InChI is InChI=1S/C15H10O9S2/c16-7-9-1-2-14(24-9)12-5-10(25(18,19)20)3-8-4-11(26(21,22)23)6-13(17)15(8)12/h1-7,17H,(H,18,19,20)(H,21,22,23). The highest BCUT2D eigenvalue weighted by Gasteiger charge is 2.21. The van der Waals surface area contributed by atoms with Gasteiger partial charge in [-0.1, -0.05) is 0 Å². The molecule has 0 aliphatic carbocycles. The van der Waals surface area contributed by atoms with Crippen molar-refractivity contribution in [2.45, 2.75) is 9.79 Å². The molecular weight excluding hydrogens is 388 g/mol. The first kappa shape index (κ1) is 18.1. The molecule has 1 heterocycles. The van der Waals surface area contributed by atoms with Crippen LogP contribution in [0.2, 0.25) is 0 Å². The van der Waals surface area contributed by atoms with Gasteiger partial charge in [0.1, 0.15) is 11.5 Å². The van der Waals surface area contributed by atoms with Crippen molar-refractivity contribution in [2.75, 3.05) is 0 Å². The molecular formula is C15H10O9S2. The van der Waals surface area contributed by atoms with E-state index in [4.69, 9.17) is 8.97 Å². The van der Waals surface area contributed by atoms with Crippen molar-refractivity contribution in [1.82, 2.24) is 0 Å². The van der Waals surface area contributed by atoms with Gasteiger partial charge in [0.25, 0.3) is 20.2 Å². The fraction of sp³-hybridized carbons (Fsp3) is 0. The van der Waals surface area contributed by atoms with Crippen LogP contribution in [-0.4, -0.2) is 37.3 Å². The van der Waals surface area contributed by atoms with E-state index in [-0.39, 0.29) is 27.9 Å². The SMILES string of the molecule is O=Cc1ccc(-c2cc(S(=O)(=O)O)cc3cc(S(=O)(=O)O)cc(O)c23)o1. The van der Waals surface area contributed by atoms with Gasteiger partial charge < -0.3 is 9.52 Å². The molecule has 0 saturated carbocycles. The Labute approximate surface area is 147 Å². The molecule has 0 radical (unpaired) electrons. The molecule has 0 fully saturated rings. The van der Waals surface area contributed by atoms with Gasteiger partial charge in [-0.25, -0.2) is 0 Å². The van der Waals surface area contributed by atoms with Crippen molar-refractivity contribution in [3.05, 3.63) is 42.2 Å². The molecule has 0 aliphatic rings. The number of furan rings is 1. The molecule has 3 aromatic rings. The van der Waals surface area contributed by atoms with Crippen molar-refractivity contribution >= 4 is 37.3 Å². The van der Waals surface area contributed by atoms with Crippen molar-refractivity contribution in [3.8, 4) is 17.1 Å². The molecule has 0 aliphatic heterocycles. The Kier molecular flexibility index (Phi) is 4.11. The Morgan fingerprint density at radius 3 is 1.96 bits per heavy atom. The van der Waals surface area contributed by atoms with E-state index in [0.29, 0.717) is 6.29 Å². The van der Waals surface area contributed by atoms with Crippen molar-refractivity contribution in [1.29, 1.82) is 0 Å². The molecule has 11 heteroatoms. The Morgan fingerprint density at radius 1 is 0.885 bits per heavy atom. The number of phenols is 1. The fourth-order valence-electron chi connectivity index (χ4n) is 2.49. The second-order valence-corrected chi connectivity index (χ2v) is 8.12. The quantitative estimate of drug-likeness (QED) is 0.442. The molecule has 136 valence electrons. The molecule has 0 atom stereocenters. The van der Waals surface area contributed by atoms with E-state index in [2.05, 4.69) is 0 Å². The molecule has 3 rings (SSSR count). The molecule has 3 N–H and O–H groups in total. The first-order valence-corrected chi connectivity index (χ1v) is 9.70. The lowest BCUT2D eigenvalue weighted by atomic mass is 10.0. The van der Waals surface area contributed by atoms with Crippen LogP contribution in [0.15, 0.2) is 50.6 Å². The largest absolute Gasteiger partial charge is 0.507 e. The maximum Gasteiger partial charge on any atom is 0.294 e. The molecule has 26 heavy (non-hydrogen) atoms. The van der Waals surface area contributed by atoms with E-state index >= 15 is 0 Å². The lowest BCUT2D eigenvalue weighted by Gasteiger charge is -2.10. The molecule has 0 unspecified atom stereocenters. The van der Waals surface area contributed by atoms with Gasteiger partial charge in [0.15, 0.2) is 12.0 Å². The predicted octanol–water partition coefficient (Wildman–Crippen LogP) is 2.11. The highest BCUT2D eigenvalue weighted by Crippen LogP contribution is 2.39. The van der Waals surface area contributed by atoms with Gasteiger partial charge in [0.05, 0.1) is 9.79 Å². The Morgan fingerprint density at radius 2 is 1.46 bits per heavy atom. The van der Waals surface area contributed by atoms with Gasteiger partial charge in [-0.05, 0) is 35.7 Å². The van der Waals surface area contributed by atoms with Crippen molar-refractivity contribution in [3.63, 3.8) is 0 Å². The van der Waals surface area contributed by atoms with Crippen molar-refractivity contribution in [2.24, 2.45) is 0 Å². The predicted molar refractivity (Wildman–Crippen MR) is 88.3 cm³/mol. The molecule has 2 aromatic carbocycles. The maximum atomic E-state index is 11.5. The third kappa shape index (κ3) is 3.20. The molecule has 1 aromatic heterocycles. The smallest absolute Gasteiger partial charge is 0.294 e. The number of rotatable bonds is 4. The Bertz CT molecular complexity index is 1250. The average molecular weight is 398 g/mol. The zero-order valence-electron chi connectivity index (χ0n) is 12.6. The summed E-state index contributed by atoms with van der Waals surface area (Å²) in [4.78, 5) is 9.52. The minimum absolute atomic E-state index is 0.00231. The van der Waals surface area contributed by atoms with Gasteiger partial charge >= 0.3 is 0 Å². The highest BCUT2D eigenvalue weighted by atomic mass is 32.2. The monoisotopic (exact) mass is 398 g/mol. The van der Waals surface area contributed by atoms with Gasteiger partial charge in [-0.15, -0.1) is 0 Å². The summed E-state index contributed by atoms with van der Waals surface area (Å²) in [7, 11) is -9.37. The number of carbonyl (C=O) groups is 1. The number of carbonyl (C=O) groups excluding carboxylic acids is 1. The number of phenolic OH excluding ortho intramolecular Hbond substituents is 1. The summed E-state index contributed by atoms with van der Waals surface area (Å²) in [5.74, 6) is -0.659. The van der Waals surface area contributed by atoms with Crippen LogP contribution in [0.1, 0.15) is 10.6 Å². The summed E-state index contributed by atoms with van der Waals surface area (Å²) < 4.78 is 69.4. The minimum atomic E-state index is -4.69. The van der Waals surface area contributed by atoms with Gasteiger partial charge in [0.2, 0.25) is 0 Å². The van der Waals surface area contributed by atoms with Crippen LogP contribution in [0.3, 0.4) is 0 Å². The summed E-state index contributed by atoms with van der Waals surface area (Å²) in [6.07, 6.45) is 0.411. The molecule has 0 saturated heterocycles. The first-order chi connectivity index (χ1) is 12.0. The second-order valence-electron chi connectivity index (χ2n) is 5.28. The average Bonchev–Trinajstić information content (AvgIpc) is 3.00. The van der Waals surface area contributed by atoms with E-state index < -0.39 is 35.8 Å². The number of aromatic hydroxyl groups is 1. The topological polar surface area (TPSA) is 159 Å². The minimum Gasteiger partial charge on any atom is -0.507 e. The summed E-state index contributed by atoms with van der Waals surface area (Å²) in [6.45, 7) is 0. The molecule has 0 spiro atoms. The van der Waals surface area contributed by atoms with E-state index in [1.54, 1.807) is 0 Å².